The van der Waals surface area contributed by atoms with Crippen molar-refractivity contribution in [2.45, 2.75) is 32.2 Å². The number of anilines is 1. The van der Waals surface area contributed by atoms with Crippen molar-refractivity contribution < 1.29 is 14.8 Å². The summed E-state index contributed by atoms with van der Waals surface area (Å²) < 4.78 is 0. The molecular formula is C15H21N3O4. The predicted octanol–water partition coefficient (Wildman–Crippen LogP) is 1.69. The van der Waals surface area contributed by atoms with Crippen LogP contribution >= 0.6 is 0 Å². The molecule has 1 amide bonds. The number of hydrogen-bond acceptors (Lipinski definition) is 5. The molecule has 1 saturated heterocycles. The van der Waals surface area contributed by atoms with Gasteiger partial charge in [0.05, 0.1) is 18.1 Å². The number of carbonyl (C=O) groups excluding carboxylic acids is 1. The van der Waals surface area contributed by atoms with Crippen molar-refractivity contribution in [1.29, 1.82) is 0 Å². The molecule has 0 aliphatic carbocycles. The summed E-state index contributed by atoms with van der Waals surface area (Å²) in [5, 5.41) is 22.8. The standard InChI is InChI=1S/C15H21N3O4/c1-11-8-12(18(21)22)5-6-14(11)16-15(20)9-17-7-3-2-4-13(17)10-19/h5-6,8,13,19H,2-4,7,9-10H2,1H3,(H,16,20). The summed E-state index contributed by atoms with van der Waals surface area (Å²) in [6, 6.07) is 4.40. The molecule has 1 fully saturated rings. The number of nitrogens with zero attached hydrogens (tertiary/aromatic N) is 2. The number of likely N-dealkylation sites (tertiary alicyclic amines) is 1. The summed E-state index contributed by atoms with van der Waals surface area (Å²) in [6.45, 7) is 2.81. The molecular weight excluding hydrogens is 286 g/mol. The van der Waals surface area contributed by atoms with E-state index in [4.69, 9.17) is 0 Å². The van der Waals surface area contributed by atoms with Gasteiger partial charge >= 0.3 is 0 Å². The Morgan fingerprint density at radius 3 is 2.91 bits per heavy atom. The van der Waals surface area contributed by atoms with Crippen molar-refractivity contribution in [2.24, 2.45) is 0 Å². The van der Waals surface area contributed by atoms with Crippen LogP contribution in [0.5, 0.6) is 0 Å². The number of nitro benzene ring substituents is 1. The van der Waals surface area contributed by atoms with Crippen LogP contribution in [0.15, 0.2) is 18.2 Å². The van der Waals surface area contributed by atoms with Crippen LogP contribution in [0, 0.1) is 17.0 Å². The molecule has 1 aliphatic heterocycles. The summed E-state index contributed by atoms with van der Waals surface area (Å²) in [5.41, 5.74) is 1.24. The van der Waals surface area contributed by atoms with Crippen molar-refractivity contribution in [2.75, 3.05) is 25.0 Å². The number of aliphatic hydroxyl groups is 1. The molecule has 22 heavy (non-hydrogen) atoms. The van der Waals surface area contributed by atoms with Crippen LogP contribution in [-0.2, 0) is 4.79 Å². The summed E-state index contributed by atoms with van der Waals surface area (Å²) in [6.07, 6.45) is 3.01. The number of hydrogen-bond donors (Lipinski definition) is 2. The number of benzene rings is 1. The third kappa shape index (κ3) is 4.02. The van der Waals surface area contributed by atoms with Crippen LogP contribution in [0.25, 0.3) is 0 Å². The lowest BCUT2D eigenvalue weighted by atomic mass is 10.0. The van der Waals surface area contributed by atoms with Gasteiger partial charge in [0.2, 0.25) is 5.91 Å². The topological polar surface area (TPSA) is 95.7 Å². The Kier molecular flexibility index (Phi) is 5.46. The third-order valence-corrected chi connectivity index (χ3v) is 4.00. The zero-order valence-corrected chi connectivity index (χ0v) is 12.6. The van der Waals surface area contributed by atoms with Crippen LogP contribution in [0.4, 0.5) is 11.4 Å². The second kappa shape index (κ2) is 7.33. The molecule has 1 aromatic carbocycles. The highest BCUT2D eigenvalue weighted by Crippen LogP contribution is 2.21. The van der Waals surface area contributed by atoms with E-state index >= 15 is 0 Å². The molecule has 0 bridgehead atoms. The molecule has 0 spiro atoms. The smallest absolute Gasteiger partial charge is 0.269 e. The zero-order valence-electron chi connectivity index (χ0n) is 12.6. The Morgan fingerprint density at radius 1 is 1.50 bits per heavy atom. The highest BCUT2D eigenvalue weighted by Gasteiger charge is 2.23. The number of nitrogens with one attached hydrogen (secondary N) is 1. The van der Waals surface area contributed by atoms with Crippen molar-refractivity contribution in [3.05, 3.63) is 33.9 Å². The van der Waals surface area contributed by atoms with Crippen LogP contribution < -0.4 is 5.32 Å². The summed E-state index contributed by atoms with van der Waals surface area (Å²) in [5.74, 6) is -0.169. The normalized spacial score (nSPS) is 18.9. The molecule has 1 aromatic rings. The first-order valence-electron chi connectivity index (χ1n) is 7.41. The third-order valence-electron chi connectivity index (χ3n) is 4.00. The van der Waals surface area contributed by atoms with E-state index in [9.17, 15) is 20.0 Å². The second-order valence-corrected chi connectivity index (χ2v) is 5.61. The van der Waals surface area contributed by atoms with Gasteiger partial charge in [-0.05, 0) is 37.9 Å². The Hall–Kier alpha value is -1.99. The van der Waals surface area contributed by atoms with Crippen molar-refractivity contribution in [3.63, 3.8) is 0 Å². The Morgan fingerprint density at radius 2 is 2.27 bits per heavy atom. The van der Waals surface area contributed by atoms with E-state index in [1.54, 1.807) is 13.0 Å². The van der Waals surface area contributed by atoms with Gasteiger partial charge in [-0.25, -0.2) is 0 Å². The molecule has 1 aliphatic rings. The predicted molar refractivity (Wildman–Crippen MR) is 82.8 cm³/mol. The molecule has 2 N–H and O–H groups in total. The minimum atomic E-state index is -0.460. The monoisotopic (exact) mass is 307 g/mol. The first-order valence-corrected chi connectivity index (χ1v) is 7.41. The van der Waals surface area contributed by atoms with E-state index in [2.05, 4.69) is 5.32 Å². The number of aliphatic hydroxyl groups excluding tert-OH is 1. The van der Waals surface area contributed by atoms with Crippen molar-refractivity contribution >= 4 is 17.3 Å². The van der Waals surface area contributed by atoms with E-state index in [-0.39, 0.29) is 30.8 Å². The number of rotatable bonds is 5. The molecule has 0 aromatic heterocycles. The minimum Gasteiger partial charge on any atom is -0.395 e. The van der Waals surface area contributed by atoms with E-state index in [1.807, 2.05) is 4.90 Å². The van der Waals surface area contributed by atoms with Gasteiger partial charge in [-0.1, -0.05) is 6.42 Å². The van der Waals surface area contributed by atoms with Crippen LogP contribution in [0.2, 0.25) is 0 Å². The number of carbonyl (C=O) groups is 1. The maximum absolute atomic E-state index is 12.1. The molecule has 2 rings (SSSR count). The number of amides is 1. The quantitative estimate of drug-likeness (QED) is 0.637. The molecule has 7 nitrogen and oxygen atoms in total. The number of non-ortho nitro benzene ring substituents is 1. The summed E-state index contributed by atoms with van der Waals surface area (Å²) >= 11 is 0. The molecule has 7 heteroatoms. The maximum Gasteiger partial charge on any atom is 0.269 e. The highest BCUT2D eigenvalue weighted by molar-refractivity contribution is 5.93. The average molecular weight is 307 g/mol. The summed E-state index contributed by atoms with van der Waals surface area (Å²) in [4.78, 5) is 24.4. The lowest BCUT2D eigenvalue weighted by Gasteiger charge is -2.33. The lowest BCUT2D eigenvalue weighted by Crippen LogP contribution is -2.45. The molecule has 1 atom stereocenters. The Balaban J connectivity index is 1.98. The van der Waals surface area contributed by atoms with Gasteiger partial charge in [0.15, 0.2) is 0 Å². The van der Waals surface area contributed by atoms with Crippen molar-refractivity contribution in [1.82, 2.24) is 4.90 Å². The van der Waals surface area contributed by atoms with Gasteiger partial charge < -0.3 is 10.4 Å². The minimum absolute atomic E-state index is 0.00636. The SMILES string of the molecule is Cc1cc([N+](=O)[O-])ccc1NC(=O)CN1CCCCC1CO. The largest absolute Gasteiger partial charge is 0.395 e. The van der Waals surface area contributed by atoms with Crippen LogP contribution in [0.1, 0.15) is 24.8 Å². The summed E-state index contributed by atoms with van der Waals surface area (Å²) in [7, 11) is 0. The van der Waals surface area contributed by atoms with E-state index in [0.29, 0.717) is 11.3 Å². The second-order valence-electron chi connectivity index (χ2n) is 5.61. The van der Waals surface area contributed by atoms with Crippen molar-refractivity contribution in [3.8, 4) is 0 Å². The molecule has 1 unspecified atom stereocenters. The van der Waals surface area contributed by atoms with E-state index in [0.717, 1.165) is 25.8 Å². The average Bonchev–Trinajstić information content (AvgIpc) is 2.49. The van der Waals surface area contributed by atoms with Gasteiger partial charge in [-0.2, -0.15) is 0 Å². The van der Waals surface area contributed by atoms with Gasteiger partial charge in [0.25, 0.3) is 5.69 Å². The fraction of sp³-hybridized carbons (Fsp3) is 0.533. The number of aryl methyl sites for hydroxylation is 1. The zero-order chi connectivity index (χ0) is 16.1. The van der Waals surface area contributed by atoms with Gasteiger partial charge in [-0.3, -0.25) is 19.8 Å². The van der Waals surface area contributed by atoms with Gasteiger partial charge in [0, 0.05) is 23.9 Å². The first kappa shape index (κ1) is 16.4. The molecule has 1 heterocycles. The van der Waals surface area contributed by atoms with Gasteiger partial charge in [0.1, 0.15) is 0 Å². The van der Waals surface area contributed by atoms with Crippen LogP contribution in [-0.4, -0.2) is 46.6 Å². The van der Waals surface area contributed by atoms with Gasteiger partial charge in [-0.15, -0.1) is 0 Å². The van der Waals surface area contributed by atoms with E-state index in [1.165, 1.54) is 12.1 Å². The Labute approximate surface area is 129 Å². The Bertz CT molecular complexity index is 562. The first-order chi connectivity index (χ1) is 10.5. The highest BCUT2D eigenvalue weighted by atomic mass is 16.6. The fourth-order valence-electron chi connectivity index (χ4n) is 2.75. The lowest BCUT2D eigenvalue weighted by molar-refractivity contribution is -0.384. The van der Waals surface area contributed by atoms with E-state index < -0.39 is 4.92 Å². The number of nitro groups is 1. The number of piperidine rings is 1. The molecule has 120 valence electrons. The maximum atomic E-state index is 12.1. The van der Waals surface area contributed by atoms with Crippen LogP contribution in [0.3, 0.4) is 0 Å². The molecule has 0 radical (unpaired) electrons. The fourth-order valence-corrected chi connectivity index (χ4v) is 2.75. The molecule has 0 saturated carbocycles.